The van der Waals surface area contributed by atoms with Gasteiger partial charge in [-0.3, -0.25) is 0 Å². The zero-order valence-electron chi connectivity index (χ0n) is 6.72. The fraction of sp³-hybridized carbons (Fsp3) is 0.600. The quantitative estimate of drug-likeness (QED) is 0.519. The first kappa shape index (κ1) is 9.12. The van der Waals surface area contributed by atoms with Gasteiger partial charge in [0.2, 0.25) is 0 Å². The summed E-state index contributed by atoms with van der Waals surface area (Å²) in [6.07, 6.45) is 12.2. The molecule has 0 aliphatic heterocycles. The van der Waals surface area contributed by atoms with E-state index in [4.69, 9.17) is 12.8 Å². The summed E-state index contributed by atoms with van der Waals surface area (Å²) in [5.74, 6) is 6.24. The van der Waals surface area contributed by atoms with Gasteiger partial charge in [-0.2, -0.15) is 0 Å². The third-order valence-corrected chi connectivity index (χ3v) is 1.51. The summed E-state index contributed by atoms with van der Waals surface area (Å²) in [4.78, 5) is 0. The smallest absolute Gasteiger partial charge is 0.0174 e. The molecule has 0 aromatic heterocycles. The van der Waals surface area contributed by atoms with Crippen LogP contribution in [0.25, 0.3) is 0 Å². The molecular weight excluding hydrogens is 120 g/mol. The highest BCUT2D eigenvalue weighted by atomic mass is 14.1. The average Bonchev–Trinajstić information content (AvgIpc) is 1.88. The maximum atomic E-state index is 5.21. The van der Waals surface area contributed by atoms with Crippen molar-refractivity contribution in [1.29, 1.82) is 0 Å². The lowest BCUT2D eigenvalue weighted by Gasteiger charge is -2.08. The molecule has 0 fully saturated rings. The first-order chi connectivity index (χ1) is 4.70. The molecule has 0 aromatic carbocycles. The highest BCUT2D eigenvalue weighted by Gasteiger charge is 2.03. The molecule has 54 valence electrons. The Morgan fingerprint density at radius 2 is 1.90 bits per heavy atom. The normalized spacial score (nSPS) is 14.8. The molecule has 0 aliphatic carbocycles. The van der Waals surface area contributed by atoms with Crippen LogP contribution in [0.4, 0.5) is 0 Å². The van der Waals surface area contributed by atoms with Crippen molar-refractivity contribution in [2.75, 3.05) is 0 Å². The minimum absolute atomic E-state index is 0.364. The van der Waals surface area contributed by atoms with Crippen LogP contribution >= 0.6 is 0 Å². The van der Waals surface area contributed by atoms with E-state index in [0.717, 1.165) is 12.8 Å². The second-order valence-corrected chi connectivity index (χ2v) is 2.82. The van der Waals surface area contributed by atoms with Crippen LogP contribution in [0, 0.1) is 36.5 Å². The van der Waals surface area contributed by atoms with Crippen molar-refractivity contribution in [3.05, 3.63) is 0 Å². The fourth-order valence-corrected chi connectivity index (χ4v) is 0.956. The second-order valence-electron chi connectivity index (χ2n) is 2.82. The van der Waals surface area contributed by atoms with Crippen LogP contribution in [0.1, 0.15) is 26.7 Å². The standard InChI is InChI=1S/C10H14/c1-5-7-10(4)8-9(3)6-2/h1-2,9-10H,7-8H2,3-4H3. The van der Waals surface area contributed by atoms with Gasteiger partial charge in [-0.15, -0.1) is 24.7 Å². The maximum absolute atomic E-state index is 5.21. The summed E-state index contributed by atoms with van der Waals surface area (Å²) < 4.78 is 0. The Labute approximate surface area is 64.0 Å². The average molecular weight is 134 g/mol. The van der Waals surface area contributed by atoms with E-state index in [-0.39, 0.29) is 0 Å². The van der Waals surface area contributed by atoms with Crippen LogP contribution in [0.2, 0.25) is 0 Å². The van der Waals surface area contributed by atoms with Gasteiger partial charge < -0.3 is 0 Å². The second kappa shape index (κ2) is 4.95. The molecule has 2 atom stereocenters. The van der Waals surface area contributed by atoms with E-state index in [1.807, 2.05) is 6.92 Å². The molecule has 0 spiro atoms. The Kier molecular flexibility index (Phi) is 4.51. The van der Waals surface area contributed by atoms with Crippen molar-refractivity contribution < 1.29 is 0 Å². The molecule has 0 nitrogen and oxygen atoms in total. The molecule has 10 heavy (non-hydrogen) atoms. The minimum Gasteiger partial charge on any atom is -0.120 e. The molecule has 0 heteroatoms. The molecule has 2 unspecified atom stereocenters. The van der Waals surface area contributed by atoms with Crippen molar-refractivity contribution >= 4 is 0 Å². The third kappa shape index (κ3) is 4.04. The molecule has 0 saturated carbocycles. The van der Waals surface area contributed by atoms with Gasteiger partial charge in [0.1, 0.15) is 0 Å². The van der Waals surface area contributed by atoms with Crippen LogP contribution in [-0.4, -0.2) is 0 Å². The molecule has 0 saturated heterocycles. The Hall–Kier alpha value is -0.880. The molecule has 0 bridgehead atoms. The summed E-state index contributed by atoms with van der Waals surface area (Å²) in [5, 5.41) is 0. The topological polar surface area (TPSA) is 0 Å². The molecule has 0 rings (SSSR count). The van der Waals surface area contributed by atoms with Crippen LogP contribution < -0.4 is 0 Å². The van der Waals surface area contributed by atoms with Crippen molar-refractivity contribution in [3.8, 4) is 24.7 Å². The minimum atomic E-state index is 0.364. The molecule has 0 aromatic rings. The largest absolute Gasteiger partial charge is 0.120 e. The molecular formula is C10H14. The molecule has 0 N–H and O–H groups in total. The predicted octanol–water partition coefficient (Wildman–Crippen LogP) is 2.31. The Bertz CT molecular complexity index is 154. The Morgan fingerprint density at radius 1 is 1.30 bits per heavy atom. The zero-order chi connectivity index (χ0) is 7.98. The number of rotatable bonds is 3. The summed E-state index contributed by atoms with van der Waals surface area (Å²) in [5.41, 5.74) is 0. The number of hydrogen-bond donors (Lipinski definition) is 0. The van der Waals surface area contributed by atoms with Crippen molar-refractivity contribution in [2.24, 2.45) is 11.8 Å². The van der Waals surface area contributed by atoms with Crippen molar-refractivity contribution in [3.63, 3.8) is 0 Å². The van der Waals surface area contributed by atoms with Crippen LogP contribution in [0.5, 0.6) is 0 Å². The molecule has 0 heterocycles. The maximum Gasteiger partial charge on any atom is 0.0174 e. The van der Waals surface area contributed by atoms with Crippen molar-refractivity contribution in [2.45, 2.75) is 26.7 Å². The van der Waals surface area contributed by atoms with Gasteiger partial charge in [0.15, 0.2) is 0 Å². The zero-order valence-corrected chi connectivity index (χ0v) is 6.72. The monoisotopic (exact) mass is 134 g/mol. The van der Waals surface area contributed by atoms with Crippen molar-refractivity contribution in [1.82, 2.24) is 0 Å². The molecule has 0 aliphatic rings. The number of hydrogen-bond acceptors (Lipinski definition) is 0. The number of terminal acetylenes is 2. The predicted molar refractivity (Wildman–Crippen MR) is 45.2 cm³/mol. The summed E-state index contributed by atoms with van der Waals surface area (Å²) in [6, 6.07) is 0. The van der Waals surface area contributed by atoms with E-state index in [1.165, 1.54) is 0 Å². The molecule has 0 amide bonds. The summed E-state index contributed by atoms with van der Waals surface area (Å²) in [7, 11) is 0. The Morgan fingerprint density at radius 3 is 2.30 bits per heavy atom. The third-order valence-electron chi connectivity index (χ3n) is 1.51. The summed E-state index contributed by atoms with van der Waals surface area (Å²) >= 11 is 0. The molecule has 0 radical (unpaired) electrons. The first-order valence-corrected chi connectivity index (χ1v) is 3.60. The van der Waals surface area contributed by atoms with E-state index >= 15 is 0 Å². The lowest BCUT2D eigenvalue weighted by Crippen LogP contribution is -1.99. The summed E-state index contributed by atoms with van der Waals surface area (Å²) in [6.45, 7) is 4.18. The lowest BCUT2D eigenvalue weighted by molar-refractivity contribution is 0.486. The fourth-order valence-electron chi connectivity index (χ4n) is 0.956. The highest BCUT2D eigenvalue weighted by molar-refractivity contribution is 4.93. The van der Waals surface area contributed by atoms with E-state index in [2.05, 4.69) is 18.8 Å². The van der Waals surface area contributed by atoms with E-state index < -0.39 is 0 Å². The van der Waals surface area contributed by atoms with Gasteiger partial charge in [-0.1, -0.05) is 13.8 Å². The first-order valence-electron chi connectivity index (χ1n) is 3.60. The van der Waals surface area contributed by atoms with Gasteiger partial charge in [0, 0.05) is 12.3 Å². The lowest BCUT2D eigenvalue weighted by atomic mass is 9.96. The van der Waals surface area contributed by atoms with Gasteiger partial charge in [-0.05, 0) is 12.3 Å². The van der Waals surface area contributed by atoms with Gasteiger partial charge in [0.05, 0.1) is 0 Å². The van der Waals surface area contributed by atoms with Crippen LogP contribution in [0.3, 0.4) is 0 Å². The van der Waals surface area contributed by atoms with Gasteiger partial charge >= 0.3 is 0 Å². The van der Waals surface area contributed by atoms with Crippen LogP contribution in [-0.2, 0) is 0 Å². The van der Waals surface area contributed by atoms with E-state index in [1.54, 1.807) is 0 Å². The van der Waals surface area contributed by atoms with Gasteiger partial charge in [0.25, 0.3) is 0 Å². The Balaban J connectivity index is 3.51. The SMILES string of the molecule is C#CCC(C)CC(C)C#C. The van der Waals surface area contributed by atoms with Crippen LogP contribution in [0.15, 0.2) is 0 Å². The highest BCUT2D eigenvalue weighted by Crippen LogP contribution is 2.13. The van der Waals surface area contributed by atoms with Gasteiger partial charge in [-0.25, -0.2) is 0 Å². The van der Waals surface area contributed by atoms with E-state index in [9.17, 15) is 0 Å². The van der Waals surface area contributed by atoms with E-state index in [0.29, 0.717) is 11.8 Å².